The molecule has 3 amide bonds. The van der Waals surface area contributed by atoms with E-state index in [9.17, 15) is 28.1 Å². The summed E-state index contributed by atoms with van der Waals surface area (Å²) < 4.78 is 31.7. The van der Waals surface area contributed by atoms with Crippen LogP contribution in [-0.2, 0) is 24.4 Å². The normalized spacial score (nSPS) is 15.7. The molecule has 2 N–H and O–H groups in total. The maximum atomic E-state index is 12.7. The summed E-state index contributed by atoms with van der Waals surface area (Å²) in [4.78, 5) is 36.8. The Morgan fingerprint density at radius 2 is 1.85 bits per heavy atom. The first kappa shape index (κ1) is 23.6. The Morgan fingerprint density at radius 1 is 1.18 bits per heavy atom. The summed E-state index contributed by atoms with van der Waals surface area (Å²) in [7, 11) is -3.97. The Bertz CT molecular complexity index is 1340. The highest BCUT2D eigenvalue weighted by Crippen LogP contribution is 2.29. The summed E-state index contributed by atoms with van der Waals surface area (Å²) >= 11 is 0. The van der Waals surface area contributed by atoms with Crippen LogP contribution in [0.2, 0.25) is 0 Å². The van der Waals surface area contributed by atoms with E-state index in [2.05, 4.69) is 0 Å². The molecular formula is C22H19N3O7S. The van der Waals surface area contributed by atoms with E-state index >= 15 is 0 Å². The largest absolute Gasteiger partial charge is 0.457 e. The second kappa shape index (κ2) is 9.23. The smallest absolute Gasteiger partial charge is 0.271 e. The van der Waals surface area contributed by atoms with Crippen LogP contribution < -0.4 is 4.72 Å². The molecule has 170 valence electrons. The van der Waals surface area contributed by atoms with Crippen molar-refractivity contribution in [1.82, 2.24) is 9.62 Å². The number of rotatable bonds is 6. The van der Waals surface area contributed by atoms with Crippen molar-refractivity contribution in [3.8, 4) is 17.4 Å². The van der Waals surface area contributed by atoms with Gasteiger partial charge in [0.2, 0.25) is 5.91 Å². The molecule has 0 radical (unpaired) electrons. The molecule has 3 rings (SSSR count). The van der Waals surface area contributed by atoms with E-state index < -0.39 is 34.4 Å². The number of amides is 3. The van der Waals surface area contributed by atoms with Crippen LogP contribution >= 0.6 is 0 Å². The highest BCUT2D eigenvalue weighted by atomic mass is 32.2. The van der Waals surface area contributed by atoms with Gasteiger partial charge in [0.1, 0.15) is 23.2 Å². The lowest BCUT2D eigenvalue weighted by molar-refractivity contribution is -0.141. The van der Waals surface area contributed by atoms with Gasteiger partial charge in [-0.25, -0.2) is 13.1 Å². The van der Waals surface area contributed by atoms with Crippen LogP contribution in [0.1, 0.15) is 19.6 Å². The maximum absolute atomic E-state index is 12.7. The molecule has 2 heterocycles. The first-order valence-electron chi connectivity index (χ1n) is 9.62. The molecule has 1 aromatic carbocycles. The zero-order valence-electron chi connectivity index (χ0n) is 17.7. The first-order chi connectivity index (χ1) is 15.6. The van der Waals surface area contributed by atoms with E-state index in [1.54, 1.807) is 18.2 Å². The van der Waals surface area contributed by atoms with Crippen molar-refractivity contribution < 1.29 is 32.3 Å². The van der Waals surface area contributed by atoms with Gasteiger partial charge in [-0.15, -0.1) is 0 Å². The summed E-state index contributed by atoms with van der Waals surface area (Å²) in [5.41, 5.74) is 0.625. The minimum atomic E-state index is -3.97. The molecule has 33 heavy (non-hydrogen) atoms. The molecule has 0 saturated carbocycles. The molecule has 10 nitrogen and oxygen atoms in total. The van der Waals surface area contributed by atoms with Gasteiger partial charge in [-0.2, -0.15) is 5.26 Å². The number of benzene rings is 1. The van der Waals surface area contributed by atoms with E-state index in [1.807, 2.05) is 4.72 Å². The van der Waals surface area contributed by atoms with E-state index in [-0.39, 0.29) is 33.9 Å². The van der Waals surface area contributed by atoms with Crippen molar-refractivity contribution in [1.29, 1.82) is 5.26 Å². The molecular weight excluding hydrogens is 450 g/mol. The molecule has 11 heteroatoms. The predicted octanol–water partition coefficient (Wildman–Crippen LogP) is 1.36. The molecule has 1 aliphatic rings. The number of imide groups is 1. The number of carbonyl (C=O) groups is 3. The Labute approximate surface area is 189 Å². The number of aliphatic hydroxyl groups is 1. The number of aliphatic hydroxyl groups excluding tert-OH is 1. The van der Waals surface area contributed by atoms with Crippen LogP contribution in [-0.4, -0.2) is 49.3 Å². The Morgan fingerprint density at radius 3 is 2.42 bits per heavy atom. The number of carbonyl (C=O) groups excluding carboxylic acids is 3. The van der Waals surface area contributed by atoms with Crippen LogP contribution in [0.4, 0.5) is 0 Å². The average Bonchev–Trinajstić information content (AvgIpc) is 3.22. The summed E-state index contributed by atoms with van der Waals surface area (Å²) in [6, 6.07) is 10.6. The highest BCUT2D eigenvalue weighted by molar-refractivity contribution is 7.90. The summed E-state index contributed by atoms with van der Waals surface area (Å²) in [5, 5.41) is 18.5. The maximum Gasteiger partial charge on any atom is 0.271 e. The first-order valence-corrected chi connectivity index (χ1v) is 11.1. The lowest BCUT2D eigenvalue weighted by Crippen LogP contribution is -2.44. The SMILES string of the molecule is CC(=O)NS(=O)(=O)c1ccc(-c2ccc(C=C3C(=O)N(CCO)C(=O)C(C#N)=C3C)o2)cc1. The van der Waals surface area contributed by atoms with E-state index in [0.717, 1.165) is 11.8 Å². The average molecular weight is 469 g/mol. The molecule has 0 saturated heterocycles. The lowest BCUT2D eigenvalue weighted by atomic mass is 9.95. The number of hydrogen-bond acceptors (Lipinski definition) is 8. The van der Waals surface area contributed by atoms with Crippen LogP contribution in [0.25, 0.3) is 17.4 Å². The standard InChI is InChI=1S/C22H19N3O7S/c1-13-18(21(28)25(9-10-26)22(29)19(13)12-23)11-16-5-8-20(32-16)15-3-6-17(7-4-15)33(30,31)24-14(2)27/h3-8,11,26H,9-10H2,1-2H3,(H,24,27). The number of furan rings is 1. The van der Waals surface area contributed by atoms with Crippen molar-refractivity contribution in [3.05, 3.63) is 58.9 Å². The molecule has 0 spiro atoms. The fourth-order valence-corrected chi connectivity index (χ4v) is 4.20. The minimum absolute atomic E-state index is 0.0808. The zero-order chi connectivity index (χ0) is 24.3. The third-order valence-corrected chi connectivity index (χ3v) is 6.24. The van der Waals surface area contributed by atoms with Crippen molar-refractivity contribution >= 4 is 33.8 Å². The summed E-state index contributed by atoms with van der Waals surface area (Å²) in [6.07, 6.45) is 1.39. The third kappa shape index (κ3) is 4.77. The third-order valence-electron chi connectivity index (χ3n) is 4.79. The van der Waals surface area contributed by atoms with Gasteiger partial charge in [-0.3, -0.25) is 19.3 Å². The molecule has 1 aliphatic heterocycles. The van der Waals surface area contributed by atoms with E-state index in [0.29, 0.717) is 11.3 Å². The number of hydrogen-bond donors (Lipinski definition) is 2. The summed E-state index contributed by atoms with van der Waals surface area (Å²) in [5.74, 6) is -1.49. The molecule has 0 unspecified atom stereocenters. The van der Waals surface area contributed by atoms with E-state index in [1.165, 1.54) is 37.3 Å². The topological polar surface area (TPSA) is 158 Å². The quantitative estimate of drug-likeness (QED) is 0.474. The van der Waals surface area contributed by atoms with Crippen LogP contribution in [0.5, 0.6) is 0 Å². The predicted molar refractivity (Wildman–Crippen MR) is 115 cm³/mol. The van der Waals surface area contributed by atoms with Crippen molar-refractivity contribution in [3.63, 3.8) is 0 Å². The van der Waals surface area contributed by atoms with Crippen molar-refractivity contribution in [2.75, 3.05) is 13.2 Å². The van der Waals surface area contributed by atoms with Crippen LogP contribution in [0, 0.1) is 11.3 Å². The second-order valence-corrected chi connectivity index (χ2v) is 8.73. The zero-order valence-corrected chi connectivity index (χ0v) is 18.5. The Balaban J connectivity index is 1.93. The number of nitriles is 1. The van der Waals surface area contributed by atoms with Gasteiger partial charge in [0.05, 0.1) is 18.0 Å². The van der Waals surface area contributed by atoms with Gasteiger partial charge in [0, 0.05) is 18.1 Å². The fraction of sp³-hybridized carbons (Fsp3) is 0.182. The molecule has 0 aliphatic carbocycles. The van der Waals surface area contributed by atoms with Gasteiger partial charge >= 0.3 is 0 Å². The van der Waals surface area contributed by atoms with Crippen molar-refractivity contribution in [2.45, 2.75) is 18.7 Å². The monoisotopic (exact) mass is 469 g/mol. The number of nitrogens with one attached hydrogen (secondary N) is 1. The Hall–Kier alpha value is -4.01. The minimum Gasteiger partial charge on any atom is -0.457 e. The van der Waals surface area contributed by atoms with Gasteiger partial charge in [-0.05, 0) is 55.0 Å². The number of β-amino-alcohol motifs (C(OH)–C–C–N with tert-alkyl or cyclic N) is 1. The van der Waals surface area contributed by atoms with Crippen molar-refractivity contribution in [2.24, 2.45) is 0 Å². The van der Waals surface area contributed by atoms with E-state index in [4.69, 9.17) is 9.52 Å². The molecule has 0 fully saturated rings. The van der Waals surface area contributed by atoms with Crippen LogP contribution in [0.3, 0.4) is 0 Å². The summed E-state index contributed by atoms with van der Waals surface area (Å²) in [6.45, 7) is 1.89. The lowest BCUT2D eigenvalue weighted by Gasteiger charge is -2.26. The van der Waals surface area contributed by atoms with Crippen LogP contribution in [0.15, 0.2) is 62.4 Å². The van der Waals surface area contributed by atoms with Gasteiger partial charge in [0.15, 0.2) is 0 Å². The number of sulfonamides is 1. The van der Waals surface area contributed by atoms with Gasteiger partial charge < -0.3 is 9.52 Å². The van der Waals surface area contributed by atoms with Gasteiger partial charge in [-0.1, -0.05) is 0 Å². The molecule has 1 aromatic heterocycles. The molecule has 0 atom stereocenters. The number of nitrogens with zero attached hydrogens (tertiary/aromatic N) is 2. The molecule has 0 bridgehead atoms. The molecule has 2 aromatic rings. The fourth-order valence-electron chi connectivity index (χ4n) is 3.21. The second-order valence-electron chi connectivity index (χ2n) is 7.04. The highest BCUT2D eigenvalue weighted by Gasteiger charge is 2.35. The van der Waals surface area contributed by atoms with Gasteiger partial charge in [0.25, 0.3) is 21.8 Å². The Kier molecular flexibility index (Phi) is 6.62.